The maximum Gasteiger partial charge on any atom is 0.224 e. The molecule has 0 spiro atoms. The first-order valence-electron chi connectivity index (χ1n) is 7.35. The maximum absolute atomic E-state index is 12.2. The lowest BCUT2D eigenvalue weighted by Gasteiger charge is -2.07. The quantitative estimate of drug-likeness (QED) is 0.622. The molecule has 1 aromatic heterocycles. The standard InChI is InChI=1S/C16H24N4O/c1-11(2)9-12-14(16(12,3)4)15(21)20-8-7-19-13-10-17-5-6-18-13/h5-6,9-10,12,14H,7-8H2,1-4H3,(H,18,19)(H,20,21)/t12-,14-/m0/s1. The molecule has 0 radical (unpaired) electrons. The van der Waals surface area contributed by atoms with Crippen LogP contribution in [0.1, 0.15) is 27.7 Å². The highest BCUT2D eigenvalue weighted by Crippen LogP contribution is 2.59. The van der Waals surface area contributed by atoms with Crippen LogP contribution in [0, 0.1) is 17.3 Å². The molecule has 0 saturated heterocycles. The van der Waals surface area contributed by atoms with Gasteiger partial charge < -0.3 is 10.6 Å². The Morgan fingerprint density at radius 3 is 2.71 bits per heavy atom. The normalized spacial score (nSPS) is 22.3. The van der Waals surface area contributed by atoms with Crippen molar-refractivity contribution in [2.75, 3.05) is 18.4 Å². The van der Waals surface area contributed by atoms with Crippen LogP contribution in [0.5, 0.6) is 0 Å². The third-order valence-corrected chi connectivity index (χ3v) is 4.00. The molecule has 21 heavy (non-hydrogen) atoms. The number of nitrogens with one attached hydrogen (secondary N) is 2. The van der Waals surface area contributed by atoms with Gasteiger partial charge in [-0.2, -0.15) is 0 Å². The van der Waals surface area contributed by atoms with Gasteiger partial charge in [0, 0.05) is 25.5 Å². The monoisotopic (exact) mass is 288 g/mol. The third kappa shape index (κ3) is 3.80. The molecule has 1 aliphatic carbocycles. The summed E-state index contributed by atoms with van der Waals surface area (Å²) in [7, 11) is 0. The highest BCUT2D eigenvalue weighted by molar-refractivity contribution is 5.83. The molecule has 2 rings (SSSR count). The lowest BCUT2D eigenvalue weighted by Crippen LogP contribution is -2.31. The van der Waals surface area contributed by atoms with Gasteiger partial charge in [-0.25, -0.2) is 4.98 Å². The lowest BCUT2D eigenvalue weighted by molar-refractivity contribution is -0.123. The third-order valence-electron chi connectivity index (χ3n) is 4.00. The molecule has 2 atom stereocenters. The average molecular weight is 288 g/mol. The van der Waals surface area contributed by atoms with Crippen LogP contribution in [0.2, 0.25) is 0 Å². The summed E-state index contributed by atoms with van der Waals surface area (Å²) >= 11 is 0. The molecular formula is C16H24N4O. The van der Waals surface area contributed by atoms with Gasteiger partial charge in [-0.15, -0.1) is 0 Å². The molecule has 2 N–H and O–H groups in total. The largest absolute Gasteiger partial charge is 0.367 e. The second-order valence-corrected chi connectivity index (χ2v) is 6.38. The SMILES string of the molecule is CC(C)=C[C@H]1[C@@H](C(=O)NCCNc2cnccn2)C1(C)C. The smallest absolute Gasteiger partial charge is 0.224 e. The molecular weight excluding hydrogens is 264 g/mol. The van der Waals surface area contributed by atoms with Gasteiger partial charge in [0.25, 0.3) is 0 Å². The lowest BCUT2D eigenvalue weighted by atomic mass is 10.1. The number of nitrogens with zero attached hydrogens (tertiary/aromatic N) is 2. The van der Waals surface area contributed by atoms with Gasteiger partial charge in [-0.05, 0) is 25.2 Å². The summed E-state index contributed by atoms with van der Waals surface area (Å²) in [5.41, 5.74) is 1.34. The topological polar surface area (TPSA) is 66.9 Å². The van der Waals surface area contributed by atoms with E-state index in [0.29, 0.717) is 19.0 Å². The van der Waals surface area contributed by atoms with Crippen molar-refractivity contribution in [3.05, 3.63) is 30.2 Å². The van der Waals surface area contributed by atoms with Crippen molar-refractivity contribution in [3.63, 3.8) is 0 Å². The molecule has 0 aliphatic heterocycles. The number of carbonyl (C=O) groups is 1. The highest BCUT2D eigenvalue weighted by Gasteiger charge is 2.60. The fourth-order valence-electron chi connectivity index (χ4n) is 2.73. The molecule has 1 fully saturated rings. The number of rotatable bonds is 6. The van der Waals surface area contributed by atoms with Crippen LogP contribution in [0.15, 0.2) is 30.2 Å². The summed E-state index contributed by atoms with van der Waals surface area (Å²) in [6.07, 6.45) is 7.14. The van der Waals surface area contributed by atoms with Crippen molar-refractivity contribution >= 4 is 11.7 Å². The minimum atomic E-state index is 0.0691. The molecule has 5 heteroatoms. The zero-order valence-corrected chi connectivity index (χ0v) is 13.2. The minimum absolute atomic E-state index is 0.0691. The number of allylic oxidation sites excluding steroid dienone is 2. The van der Waals surface area contributed by atoms with Gasteiger partial charge >= 0.3 is 0 Å². The fourth-order valence-corrected chi connectivity index (χ4v) is 2.73. The molecule has 1 aliphatic rings. The molecule has 0 unspecified atom stereocenters. The van der Waals surface area contributed by atoms with Crippen LogP contribution in [0.3, 0.4) is 0 Å². The van der Waals surface area contributed by atoms with E-state index in [0.717, 1.165) is 5.82 Å². The van der Waals surface area contributed by atoms with E-state index in [1.54, 1.807) is 18.6 Å². The first-order valence-corrected chi connectivity index (χ1v) is 7.35. The van der Waals surface area contributed by atoms with E-state index >= 15 is 0 Å². The van der Waals surface area contributed by atoms with Gasteiger partial charge in [0.2, 0.25) is 5.91 Å². The fraction of sp³-hybridized carbons (Fsp3) is 0.562. The maximum atomic E-state index is 12.2. The van der Waals surface area contributed by atoms with Gasteiger partial charge in [0.05, 0.1) is 12.1 Å². The Morgan fingerprint density at radius 1 is 1.33 bits per heavy atom. The van der Waals surface area contributed by atoms with Crippen LogP contribution in [0.4, 0.5) is 5.82 Å². The molecule has 1 amide bonds. The van der Waals surface area contributed by atoms with Crippen LogP contribution in [-0.4, -0.2) is 29.0 Å². The number of amides is 1. The van der Waals surface area contributed by atoms with Gasteiger partial charge in [0.15, 0.2) is 0 Å². The molecule has 1 saturated carbocycles. The molecule has 114 valence electrons. The molecule has 0 aromatic carbocycles. The molecule has 1 heterocycles. The Bertz CT molecular complexity index is 520. The predicted octanol–water partition coefficient (Wildman–Crippen LogP) is 2.24. The first-order chi connectivity index (χ1) is 9.93. The van der Waals surface area contributed by atoms with E-state index in [1.807, 2.05) is 0 Å². The summed E-state index contributed by atoms with van der Waals surface area (Å²) in [5, 5.41) is 6.12. The van der Waals surface area contributed by atoms with Crippen molar-refractivity contribution < 1.29 is 4.79 Å². The Morgan fingerprint density at radius 2 is 2.10 bits per heavy atom. The summed E-state index contributed by atoms with van der Waals surface area (Å²) in [4.78, 5) is 20.3. The Kier molecular flexibility index (Phi) is 4.60. The van der Waals surface area contributed by atoms with Crippen LogP contribution >= 0.6 is 0 Å². The van der Waals surface area contributed by atoms with Gasteiger partial charge in [-0.1, -0.05) is 25.5 Å². The van der Waals surface area contributed by atoms with Crippen LogP contribution in [0.25, 0.3) is 0 Å². The summed E-state index contributed by atoms with van der Waals surface area (Å²) in [6.45, 7) is 9.69. The van der Waals surface area contributed by atoms with Crippen LogP contribution in [-0.2, 0) is 4.79 Å². The van der Waals surface area contributed by atoms with Gasteiger partial charge in [-0.3, -0.25) is 9.78 Å². The average Bonchev–Trinajstić information content (AvgIpc) is 2.96. The zero-order valence-electron chi connectivity index (χ0n) is 13.2. The van der Waals surface area contributed by atoms with Crippen molar-refractivity contribution in [1.29, 1.82) is 0 Å². The van der Waals surface area contributed by atoms with E-state index in [9.17, 15) is 4.79 Å². The molecule has 0 bridgehead atoms. The Balaban J connectivity index is 1.74. The Labute approximate surface area is 126 Å². The molecule has 1 aromatic rings. The summed E-state index contributed by atoms with van der Waals surface area (Å²) < 4.78 is 0. The van der Waals surface area contributed by atoms with Crippen molar-refractivity contribution in [1.82, 2.24) is 15.3 Å². The van der Waals surface area contributed by atoms with E-state index < -0.39 is 0 Å². The van der Waals surface area contributed by atoms with E-state index in [-0.39, 0.29) is 17.2 Å². The molecule has 5 nitrogen and oxygen atoms in total. The van der Waals surface area contributed by atoms with Crippen molar-refractivity contribution in [2.45, 2.75) is 27.7 Å². The van der Waals surface area contributed by atoms with Crippen molar-refractivity contribution in [3.8, 4) is 0 Å². The van der Waals surface area contributed by atoms with E-state index in [2.05, 4.69) is 54.4 Å². The number of carbonyl (C=O) groups excluding carboxylic acids is 1. The summed E-state index contributed by atoms with van der Waals surface area (Å²) in [5.74, 6) is 1.31. The van der Waals surface area contributed by atoms with Crippen LogP contribution < -0.4 is 10.6 Å². The number of anilines is 1. The van der Waals surface area contributed by atoms with Crippen molar-refractivity contribution in [2.24, 2.45) is 17.3 Å². The minimum Gasteiger partial charge on any atom is -0.367 e. The zero-order chi connectivity index (χ0) is 15.5. The van der Waals surface area contributed by atoms with Gasteiger partial charge in [0.1, 0.15) is 5.82 Å². The number of hydrogen-bond donors (Lipinski definition) is 2. The summed E-state index contributed by atoms with van der Waals surface area (Å²) in [6, 6.07) is 0. The number of aromatic nitrogens is 2. The predicted molar refractivity (Wildman–Crippen MR) is 83.7 cm³/mol. The Hall–Kier alpha value is -1.91. The second kappa shape index (κ2) is 6.24. The highest BCUT2D eigenvalue weighted by atomic mass is 16.2. The van der Waals surface area contributed by atoms with E-state index in [4.69, 9.17) is 0 Å². The number of hydrogen-bond acceptors (Lipinski definition) is 4. The first kappa shape index (κ1) is 15.5. The van der Waals surface area contributed by atoms with E-state index in [1.165, 1.54) is 5.57 Å². The second-order valence-electron chi connectivity index (χ2n) is 6.38.